The highest BCUT2D eigenvalue weighted by atomic mass is 16.5. The van der Waals surface area contributed by atoms with Gasteiger partial charge < -0.3 is 9.64 Å². The number of likely N-dealkylation sites (tertiary alicyclic amines) is 1. The molecule has 124 valence electrons. The number of carbonyl (C=O) groups excluding carboxylic acids is 1. The highest BCUT2D eigenvalue weighted by Crippen LogP contribution is 2.57. The molecule has 2 bridgehead atoms. The molecule has 0 unspecified atom stereocenters. The van der Waals surface area contributed by atoms with Gasteiger partial charge in [0.15, 0.2) is 0 Å². The summed E-state index contributed by atoms with van der Waals surface area (Å²) in [6, 6.07) is 7.13. The largest absolute Gasteiger partial charge is 0.497 e. The van der Waals surface area contributed by atoms with Crippen molar-refractivity contribution in [1.29, 1.82) is 0 Å². The van der Waals surface area contributed by atoms with Crippen LogP contribution in [-0.2, 0) is 16.6 Å². The van der Waals surface area contributed by atoms with Gasteiger partial charge in [0.05, 0.1) is 7.11 Å². The van der Waals surface area contributed by atoms with Crippen molar-refractivity contribution in [3.63, 3.8) is 0 Å². The molecule has 3 aliphatic rings. The number of fused-ring (bicyclic) bond motifs is 1. The highest BCUT2D eigenvalue weighted by Gasteiger charge is 2.57. The molecule has 3 heteroatoms. The molecule has 1 aromatic rings. The lowest BCUT2D eigenvalue weighted by Gasteiger charge is -2.60. The summed E-state index contributed by atoms with van der Waals surface area (Å²) >= 11 is 0. The van der Waals surface area contributed by atoms with Crippen LogP contribution in [0.25, 0.3) is 0 Å². The Bertz CT molecular complexity index is 641. The van der Waals surface area contributed by atoms with E-state index < -0.39 is 0 Å². The Labute approximate surface area is 139 Å². The van der Waals surface area contributed by atoms with Crippen molar-refractivity contribution in [2.45, 2.75) is 50.5 Å². The zero-order chi connectivity index (χ0) is 16.2. The molecular weight excluding hydrogens is 286 g/mol. The Hall–Kier alpha value is -1.35. The van der Waals surface area contributed by atoms with E-state index in [1.165, 1.54) is 11.1 Å². The van der Waals surface area contributed by atoms with Crippen LogP contribution in [0.3, 0.4) is 0 Å². The fourth-order valence-electron chi connectivity index (χ4n) is 5.81. The zero-order valence-corrected chi connectivity index (χ0v) is 14.5. The first-order valence-corrected chi connectivity index (χ1v) is 8.98. The Morgan fingerprint density at radius 1 is 1.35 bits per heavy atom. The minimum absolute atomic E-state index is 0.0509. The number of nitrogens with zero attached hydrogens (tertiary/aromatic N) is 1. The van der Waals surface area contributed by atoms with Crippen molar-refractivity contribution in [3.8, 4) is 5.75 Å². The number of likely N-dealkylation sites (N-methyl/N-ethyl adjacent to an activating group) is 1. The number of carbonyl (C=O) groups is 1. The van der Waals surface area contributed by atoms with E-state index in [2.05, 4.69) is 37.1 Å². The Morgan fingerprint density at radius 3 is 2.91 bits per heavy atom. The van der Waals surface area contributed by atoms with E-state index in [1.54, 1.807) is 7.11 Å². The van der Waals surface area contributed by atoms with Crippen LogP contribution in [0.5, 0.6) is 5.75 Å². The van der Waals surface area contributed by atoms with Crippen LogP contribution < -0.4 is 4.74 Å². The van der Waals surface area contributed by atoms with E-state index >= 15 is 0 Å². The standard InChI is InChI=1S/C20H27NO2/c1-4-13-9-15(22)12-20-7-8-21(2)18(19(13)20)10-14-5-6-16(23-3)11-17(14)20/h5-6,11,13,18-19H,4,7-10,12H2,1-3H3/t13-,18+,19-,20-/m0/s1. The number of rotatable bonds is 2. The molecule has 1 aromatic carbocycles. The maximum Gasteiger partial charge on any atom is 0.134 e. The molecule has 4 atom stereocenters. The quantitative estimate of drug-likeness (QED) is 0.840. The van der Waals surface area contributed by atoms with Gasteiger partial charge in [0.2, 0.25) is 0 Å². The minimum Gasteiger partial charge on any atom is -0.497 e. The lowest BCUT2D eigenvalue weighted by atomic mass is 9.49. The van der Waals surface area contributed by atoms with Crippen molar-refractivity contribution in [1.82, 2.24) is 4.90 Å². The predicted octanol–water partition coefficient (Wildman–Crippen LogP) is 3.20. The number of benzene rings is 1. The third kappa shape index (κ3) is 2.09. The van der Waals surface area contributed by atoms with Gasteiger partial charge in [-0.3, -0.25) is 4.79 Å². The topological polar surface area (TPSA) is 29.5 Å². The summed E-state index contributed by atoms with van der Waals surface area (Å²) in [5, 5.41) is 0. The van der Waals surface area contributed by atoms with Gasteiger partial charge in [0.25, 0.3) is 0 Å². The normalized spacial score (nSPS) is 36.3. The summed E-state index contributed by atoms with van der Waals surface area (Å²) < 4.78 is 5.50. The first kappa shape index (κ1) is 15.2. The molecule has 0 amide bonds. The van der Waals surface area contributed by atoms with Gasteiger partial charge in [-0.2, -0.15) is 0 Å². The van der Waals surface area contributed by atoms with Gasteiger partial charge in [-0.15, -0.1) is 0 Å². The van der Waals surface area contributed by atoms with E-state index in [1.807, 2.05) is 0 Å². The molecule has 0 N–H and O–H groups in total. The highest BCUT2D eigenvalue weighted by molar-refractivity contribution is 5.82. The van der Waals surface area contributed by atoms with E-state index in [9.17, 15) is 4.79 Å². The van der Waals surface area contributed by atoms with Crippen LogP contribution in [0.4, 0.5) is 0 Å². The van der Waals surface area contributed by atoms with Gasteiger partial charge in [-0.05, 0) is 61.5 Å². The van der Waals surface area contributed by atoms with E-state index in [-0.39, 0.29) is 5.41 Å². The maximum absolute atomic E-state index is 12.6. The van der Waals surface area contributed by atoms with Gasteiger partial charge in [-0.1, -0.05) is 19.4 Å². The second kappa shape index (κ2) is 5.34. The Kier molecular flexibility index (Phi) is 3.53. The molecule has 1 heterocycles. The second-order valence-corrected chi connectivity index (χ2v) is 7.79. The first-order chi connectivity index (χ1) is 11.1. The lowest BCUT2D eigenvalue weighted by Crippen LogP contribution is -2.63. The molecule has 0 spiro atoms. The number of ketones is 1. The van der Waals surface area contributed by atoms with Crippen LogP contribution >= 0.6 is 0 Å². The number of ether oxygens (including phenoxy) is 1. The molecule has 1 saturated carbocycles. The number of Topliss-reactive ketones (excluding diaryl/α,β-unsaturated/α-hetero) is 1. The van der Waals surface area contributed by atoms with Gasteiger partial charge in [-0.25, -0.2) is 0 Å². The van der Waals surface area contributed by atoms with Crippen molar-refractivity contribution in [3.05, 3.63) is 29.3 Å². The third-order valence-electron chi connectivity index (χ3n) is 6.85. The van der Waals surface area contributed by atoms with Crippen LogP contribution in [0.2, 0.25) is 0 Å². The summed E-state index contributed by atoms with van der Waals surface area (Å²) in [5.41, 5.74) is 2.90. The van der Waals surface area contributed by atoms with Crippen molar-refractivity contribution >= 4 is 5.78 Å². The predicted molar refractivity (Wildman–Crippen MR) is 90.9 cm³/mol. The Balaban J connectivity index is 1.91. The molecule has 4 rings (SSSR count). The molecule has 0 aromatic heterocycles. The van der Waals surface area contributed by atoms with E-state index in [4.69, 9.17) is 4.74 Å². The summed E-state index contributed by atoms with van der Waals surface area (Å²) in [7, 11) is 4.00. The first-order valence-electron chi connectivity index (χ1n) is 8.98. The van der Waals surface area contributed by atoms with Crippen LogP contribution in [0.15, 0.2) is 18.2 Å². The summed E-state index contributed by atoms with van der Waals surface area (Å²) in [4.78, 5) is 15.1. The Morgan fingerprint density at radius 2 is 2.17 bits per heavy atom. The second-order valence-electron chi connectivity index (χ2n) is 7.79. The fraction of sp³-hybridized carbons (Fsp3) is 0.650. The molecule has 2 fully saturated rings. The smallest absolute Gasteiger partial charge is 0.134 e. The van der Waals surface area contributed by atoms with Gasteiger partial charge in [0, 0.05) is 24.3 Å². The van der Waals surface area contributed by atoms with Gasteiger partial charge in [0.1, 0.15) is 11.5 Å². The van der Waals surface area contributed by atoms with E-state index in [0.29, 0.717) is 23.7 Å². The number of methoxy groups -OCH3 is 1. The molecule has 1 aliphatic heterocycles. The molecule has 3 nitrogen and oxygen atoms in total. The molecule has 1 saturated heterocycles. The average Bonchev–Trinajstić information content (AvgIpc) is 2.56. The van der Waals surface area contributed by atoms with Crippen LogP contribution in [0.1, 0.15) is 43.7 Å². The van der Waals surface area contributed by atoms with Crippen LogP contribution in [-0.4, -0.2) is 37.4 Å². The third-order valence-corrected chi connectivity index (χ3v) is 6.85. The molecule has 2 aliphatic carbocycles. The summed E-state index contributed by atoms with van der Waals surface area (Å²) in [5.74, 6) is 2.54. The zero-order valence-electron chi connectivity index (χ0n) is 14.5. The van der Waals surface area contributed by atoms with Crippen molar-refractivity contribution in [2.24, 2.45) is 11.8 Å². The average molecular weight is 313 g/mol. The molecule has 0 radical (unpaired) electrons. The summed E-state index contributed by atoms with van der Waals surface area (Å²) in [6.07, 6.45) is 4.85. The monoisotopic (exact) mass is 313 g/mol. The number of hydrogen-bond acceptors (Lipinski definition) is 3. The number of hydrogen-bond donors (Lipinski definition) is 0. The number of piperidine rings is 1. The summed E-state index contributed by atoms with van der Waals surface area (Å²) in [6.45, 7) is 3.36. The van der Waals surface area contributed by atoms with Crippen molar-refractivity contribution < 1.29 is 9.53 Å². The molecular formula is C20H27NO2. The van der Waals surface area contributed by atoms with E-state index in [0.717, 1.165) is 44.4 Å². The fourth-order valence-corrected chi connectivity index (χ4v) is 5.81. The minimum atomic E-state index is 0.0509. The van der Waals surface area contributed by atoms with Gasteiger partial charge >= 0.3 is 0 Å². The van der Waals surface area contributed by atoms with Crippen molar-refractivity contribution in [2.75, 3.05) is 20.7 Å². The van der Waals surface area contributed by atoms with Crippen LogP contribution in [0, 0.1) is 11.8 Å². The maximum atomic E-state index is 12.6. The SMILES string of the molecule is CC[C@H]1CC(=O)C[C@@]23CCN(C)[C@H](Cc4ccc(OC)cc42)[C@H]13. The lowest BCUT2D eigenvalue weighted by molar-refractivity contribution is -0.131. The molecule has 23 heavy (non-hydrogen) atoms.